The van der Waals surface area contributed by atoms with Gasteiger partial charge in [-0.3, -0.25) is 4.79 Å². The van der Waals surface area contributed by atoms with E-state index in [1.165, 1.54) is 12.1 Å². The summed E-state index contributed by atoms with van der Waals surface area (Å²) in [5.41, 5.74) is -1.13. The second kappa shape index (κ2) is 4.80. The van der Waals surface area contributed by atoms with Crippen molar-refractivity contribution in [1.82, 2.24) is 0 Å². The Kier molecular flexibility index (Phi) is 2.99. The molecule has 0 fully saturated rings. The minimum absolute atomic E-state index is 0.00676. The Bertz CT molecular complexity index is 1090. The van der Waals surface area contributed by atoms with Crippen LogP contribution in [0.15, 0.2) is 27.4 Å². The summed E-state index contributed by atoms with van der Waals surface area (Å²) >= 11 is 0. The molecule has 130 valence electrons. The van der Waals surface area contributed by atoms with Gasteiger partial charge in [0.25, 0.3) is 0 Å². The van der Waals surface area contributed by atoms with Gasteiger partial charge >= 0.3 is 0 Å². The summed E-state index contributed by atoms with van der Waals surface area (Å²) in [6, 6.07) is 3.53. The predicted molar refractivity (Wildman–Crippen MR) is 89.4 cm³/mol. The Hall–Kier alpha value is -2.93. The van der Waals surface area contributed by atoms with Crippen LogP contribution in [0.1, 0.15) is 19.4 Å². The lowest BCUT2D eigenvalue weighted by molar-refractivity contribution is -0.0235. The maximum Gasteiger partial charge on any atom is 0.204 e. The van der Waals surface area contributed by atoms with Gasteiger partial charge in [-0.05, 0) is 13.8 Å². The second-order valence-electron chi connectivity index (χ2n) is 6.81. The van der Waals surface area contributed by atoms with Crippen LogP contribution in [0.5, 0.6) is 23.0 Å². The molecule has 0 saturated heterocycles. The summed E-state index contributed by atoms with van der Waals surface area (Å²) in [6.07, 6.45) is -0.429. The van der Waals surface area contributed by atoms with E-state index in [2.05, 4.69) is 0 Å². The van der Waals surface area contributed by atoms with Crippen molar-refractivity contribution in [2.24, 2.45) is 0 Å². The first-order chi connectivity index (χ1) is 11.7. The average molecular weight is 344 g/mol. The lowest BCUT2D eigenvalue weighted by Gasteiger charge is -2.24. The van der Waals surface area contributed by atoms with Crippen LogP contribution in [-0.4, -0.2) is 32.1 Å². The third kappa shape index (κ3) is 2.20. The topological polar surface area (TPSA) is 120 Å². The Balaban J connectivity index is 2.10. The molecule has 0 aliphatic carbocycles. The molecule has 0 spiro atoms. The number of hydrogen-bond donors (Lipinski definition) is 4. The van der Waals surface area contributed by atoms with Crippen LogP contribution in [0.3, 0.4) is 0 Å². The van der Waals surface area contributed by atoms with Gasteiger partial charge in [0.05, 0.1) is 11.0 Å². The molecule has 4 rings (SSSR count). The minimum atomic E-state index is -1.18. The van der Waals surface area contributed by atoms with E-state index in [9.17, 15) is 25.2 Å². The van der Waals surface area contributed by atoms with Gasteiger partial charge in [-0.15, -0.1) is 0 Å². The fraction of sp³-hybridized carbons (Fsp3) is 0.278. The quantitative estimate of drug-likeness (QED) is 0.499. The summed E-state index contributed by atoms with van der Waals surface area (Å²) in [4.78, 5) is 12.9. The Morgan fingerprint density at radius 3 is 2.40 bits per heavy atom. The van der Waals surface area contributed by atoms with E-state index in [0.29, 0.717) is 5.56 Å². The highest BCUT2D eigenvalue weighted by Gasteiger charge is 2.38. The van der Waals surface area contributed by atoms with Gasteiger partial charge < -0.3 is 29.6 Å². The van der Waals surface area contributed by atoms with Gasteiger partial charge in [-0.2, -0.15) is 0 Å². The normalized spacial score (nSPS) is 17.0. The van der Waals surface area contributed by atoms with Crippen LogP contribution < -0.4 is 10.2 Å². The van der Waals surface area contributed by atoms with Crippen molar-refractivity contribution in [2.75, 3.05) is 0 Å². The van der Waals surface area contributed by atoms with Gasteiger partial charge in [0.2, 0.25) is 5.43 Å². The SMILES string of the molecule is CC(C)(O)[C@H]1Cc2c(c(O)cc3oc4cc(O)cc(O)c4c(=O)c23)O1. The monoisotopic (exact) mass is 344 g/mol. The number of aliphatic hydroxyl groups is 1. The fourth-order valence-corrected chi connectivity index (χ4v) is 3.24. The molecule has 4 N–H and O–H groups in total. The molecule has 3 aromatic rings. The van der Waals surface area contributed by atoms with Gasteiger partial charge in [-0.25, -0.2) is 0 Å². The fourth-order valence-electron chi connectivity index (χ4n) is 3.24. The molecule has 2 aromatic carbocycles. The lowest BCUT2D eigenvalue weighted by atomic mass is 9.95. The van der Waals surface area contributed by atoms with Crippen LogP contribution in [0.25, 0.3) is 21.9 Å². The van der Waals surface area contributed by atoms with Crippen molar-refractivity contribution in [2.45, 2.75) is 32.0 Å². The lowest BCUT2D eigenvalue weighted by Crippen LogP contribution is -2.39. The molecule has 1 atom stereocenters. The van der Waals surface area contributed by atoms with E-state index >= 15 is 0 Å². The number of aromatic hydroxyl groups is 3. The van der Waals surface area contributed by atoms with E-state index in [1.54, 1.807) is 13.8 Å². The molecule has 0 unspecified atom stereocenters. The molecule has 2 heterocycles. The van der Waals surface area contributed by atoms with E-state index in [-0.39, 0.29) is 45.6 Å². The van der Waals surface area contributed by atoms with Gasteiger partial charge in [0, 0.05) is 30.2 Å². The Morgan fingerprint density at radius 2 is 1.72 bits per heavy atom. The van der Waals surface area contributed by atoms with Crippen molar-refractivity contribution in [1.29, 1.82) is 0 Å². The molecule has 7 heteroatoms. The number of ether oxygens (including phenoxy) is 1. The molecule has 7 nitrogen and oxygen atoms in total. The van der Waals surface area contributed by atoms with E-state index in [1.807, 2.05) is 0 Å². The molecule has 1 aliphatic heterocycles. The Morgan fingerprint density at radius 1 is 1.04 bits per heavy atom. The first-order valence-electron chi connectivity index (χ1n) is 7.73. The van der Waals surface area contributed by atoms with Gasteiger partial charge in [0.15, 0.2) is 11.5 Å². The molecule has 1 aliphatic rings. The van der Waals surface area contributed by atoms with Gasteiger partial charge in [0.1, 0.15) is 34.2 Å². The zero-order valence-electron chi connectivity index (χ0n) is 13.5. The van der Waals surface area contributed by atoms with Crippen molar-refractivity contribution in [3.05, 3.63) is 34.0 Å². The van der Waals surface area contributed by atoms with Crippen LogP contribution in [0.2, 0.25) is 0 Å². The third-order valence-corrected chi connectivity index (χ3v) is 4.50. The largest absolute Gasteiger partial charge is 0.508 e. The summed E-state index contributed by atoms with van der Waals surface area (Å²) in [7, 11) is 0. The van der Waals surface area contributed by atoms with Crippen molar-refractivity contribution in [3.63, 3.8) is 0 Å². The highest BCUT2D eigenvalue weighted by molar-refractivity contribution is 5.97. The molecule has 25 heavy (non-hydrogen) atoms. The van der Waals surface area contributed by atoms with E-state index in [4.69, 9.17) is 9.15 Å². The van der Waals surface area contributed by atoms with Gasteiger partial charge in [-0.1, -0.05) is 0 Å². The molecular formula is C18H16O7. The average Bonchev–Trinajstić information content (AvgIpc) is 2.91. The summed E-state index contributed by atoms with van der Waals surface area (Å²) < 4.78 is 11.3. The zero-order chi connectivity index (χ0) is 18.1. The Labute approximate surface area is 141 Å². The van der Waals surface area contributed by atoms with Crippen molar-refractivity contribution < 1.29 is 29.6 Å². The van der Waals surface area contributed by atoms with E-state index in [0.717, 1.165) is 6.07 Å². The minimum Gasteiger partial charge on any atom is -0.508 e. The molecule has 1 aromatic heterocycles. The predicted octanol–water partition coefficient (Wildman–Crippen LogP) is 2.14. The standard InChI is InChI=1S/C18H16O7/c1-18(2,23)13-5-8-14-12(6-10(21)17(8)25-13)24-11-4-7(19)3-9(20)15(11)16(14)22/h3-4,6,13,19-21,23H,5H2,1-2H3/t13-/m1/s1. The van der Waals surface area contributed by atoms with Crippen molar-refractivity contribution in [3.8, 4) is 23.0 Å². The number of hydrogen-bond acceptors (Lipinski definition) is 7. The van der Waals surface area contributed by atoms with Crippen LogP contribution in [-0.2, 0) is 6.42 Å². The molecule has 0 amide bonds. The molecule has 0 bridgehead atoms. The van der Waals surface area contributed by atoms with Crippen molar-refractivity contribution >= 4 is 21.9 Å². The third-order valence-electron chi connectivity index (χ3n) is 4.50. The smallest absolute Gasteiger partial charge is 0.204 e. The number of rotatable bonds is 1. The first kappa shape index (κ1) is 15.6. The number of phenolic OH excluding ortho intramolecular Hbond substituents is 3. The second-order valence-corrected chi connectivity index (χ2v) is 6.81. The zero-order valence-corrected chi connectivity index (χ0v) is 13.5. The summed E-state index contributed by atoms with van der Waals surface area (Å²) in [5.74, 6) is -0.723. The maximum atomic E-state index is 12.9. The highest BCUT2D eigenvalue weighted by Crippen LogP contribution is 2.44. The maximum absolute atomic E-state index is 12.9. The van der Waals surface area contributed by atoms with E-state index < -0.39 is 22.9 Å². The number of fused-ring (bicyclic) bond motifs is 4. The number of benzene rings is 2. The molecule has 0 radical (unpaired) electrons. The molecule has 0 saturated carbocycles. The van der Waals surface area contributed by atoms with Crippen LogP contribution >= 0.6 is 0 Å². The van der Waals surface area contributed by atoms with Crippen LogP contribution in [0, 0.1) is 0 Å². The first-order valence-corrected chi connectivity index (χ1v) is 7.73. The molecular weight excluding hydrogens is 328 g/mol. The highest BCUT2D eigenvalue weighted by atomic mass is 16.5. The number of phenols is 3. The summed E-state index contributed by atoms with van der Waals surface area (Å²) in [5, 5.41) is 40.1. The van der Waals surface area contributed by atoms with Crippen LogP contribution in [0.4, 0.5) is 0 Å². The summed E-state index contributed by atoms with van der Waals surface area (Å²) in [6.45, 7) is 3.16.